The SMILES string of the molecule is O=C(Cn1nnc(-c2ccccc2Cl)n1)N/N=C\c1cccc(Br)c1. The van der Waals surface area contributed by atoms with Crippen LogP contribution in [-0.2, 0) is 11.3 Å². The summed E-state index contributed by atoms with van der Waals surface area (Å²) in [4.78, 5) is 13.1. The molecule has 0 fully saturated rings. The van der Waals surface area contributed by atoms with Crippen LogP contribution in [0.5, 0.6) is 0 Å². The Bertz CT molecular complexity index is 926. The molecule has 1 N–H and O–H groups in total. The number of hydrogen-bond donors (Lipinski definition) is 1. The van der Waals surface area contributed by atoms with Gasteiger partial charge in [-0.25, -0.2) is 5.43 Å². The summed E-state index contributed by atoms with van der Waals surface area (Å²) in [5, 5.41) is 16.3. The molecule has 0 spiro atoms. The van der Waals surface area contributed by atoms with Crippen molar-refractivity contribution in [2.45, 2.75) is 6.54 Å². The minimum Gasteiger partial charge on any atom is -0.271 e. The van der Waals surface area contributed by atoms with E-state index in [1.807, 2.05) is 36.4 Å². The summed E-state index contributed by atoms with van der Waals surface area (Å²) in [6.07, 6.45) is 1.55. The molecule has 0 saturated carbocycles. The number of carbonyl (C=O) groups is 1. The molecule has 0 aliphatic rings. The van der Waals surface area contributed by atoms with Gasteiger partial charge in [0.05, 0.1) is 11.2 Å². The lowest BCUT2D eigenvalue weighted by Crippen LogP contribution is -2.24. The van der Waals surface area contributed by atoms with Gasteiger partial charge >= 0.3 is 0 Å². The minimum atomic E-state index is -0.366. The van der Waals surface area contributed by atoms with Gasteiger partial charge in [-0.3, -0.25) is 4.79 Å². The highest BCUT2D eigenvalue weighted by molar-refractivity contribution is 9.10. The van der Waals surface area contributed by atoms with Crippen LogP contribution < -0.4 is 5.43 Å². The fourth-order valence-electron chi connectivity index (χ4n) is 1.99. The van der Waals surface area contributed by atoms with Gasteiger partial charge in [-0.15, -0.1) is 10.2 Å². The Kier molecular flexibility index (Phi) is 5.52. The number of amides is 1. The van der Waals surface area contributed by atoms with Gasteiger partial charge in [0.1, 0.15) is 6.54 Å². The van der Waals surface area contributed by atoms with E-state index in [4.69, 9.17) is 11.6 Å². The molecule has 0 unspecified atom stereocenters. The van der Waals surface area contributed by atoms with Gasteiger partial charge in [0.25, 0.3) is 5.91 Å². The Hall–Kier alpha value is -2.58. The Morgan fingerprint density at radius 2 is 2.12 bits per heavy atom. The maximum Gasteiger partial charge on any atom is 0.263 e. The standard InChI is InChI=1S/C16H12BrClN6O/c17-12-5-3-4-11(8-12)9-19-20-15(25)10-24-22-16(21-23-24)13-6-1-2-7-14(13)18/h1-9H,10H2,(H,20,25)/b19-9-. The number of hydrazone groups is 1. The number of halogens is 2. The minimum absolute atomic E-state index is 0.104. The van der Waals surface area contributed by atoms with E-state index in [0.29, 0.717) is 16.4 Å². The maximum atomic E-state index is 11.9. The lowest BCUT2D eigenvalue weighted by molar-refractivity contribution is -0.122. The number of tetrazole rings is 1. The maximum absolute atomic E-state index is 11.9. The van der Waals surface area contributed by atoms with E-state index in [-0.39, 0.29) is 12.5 Å². The summed E-state index contributed by atoms with van der Waals surface area (Å²) in [6, 6.07) is 14.7. The predicted octanol–water partition coefficient (Wildman–Crippen LogP) is 2.91. The topological polar surface area (TPSA) is 85.1 Å². The average Bonchev–Trinajstić information content (AvgIpc) is 3.03. The largest absolute Gasteiger partial charge is 0.271 e. The lowest BCUT2D eigenvalue weighted by Gasteiger charge is -1.99. The van der Waals surface area contributed by atoms with Crippen molar-refractivity contribution in [2.24, 2.45) is 5.10 Å². The number of rotatable bonds is 5. The molecule has 25 heavy (non-hydrogen) atoms. The van der Waals surface area contributed by atoms with Crippen LogP contribution in [0.3, 0.4) is 0 Å². The monoisotopic (exact) mass is 418 g/mol. The first-order valence-corrected chi connectivity index (χ1v) is 8.39. The molecule has 0 saturated heterocycles. The highest BCUT2D eigenvalue weighted by Gasteiger charge is 2.11. The first-order chi connectivity index (χ1) is 12.1. The van der Waals surface area contributed by atoms with Crippen LogP contribution in [0.4, 0.5) is 0 Å². The summed E-state index contributed by atoms with van der Waals surface area (Å²) in [5.41, 5.74) is 3.93. The predicted molar refractivity (Wildman–Crippen MR) is 98.1 cm³/mol. The van der Waals surface area contributed by atoms with E-state index in [1.165, 1.54) is 4.80 Å². The zero-order valence-electron chi connectivity index (χ0n) is 12.8. The Labute approximate surface area is 156 Å². The average molecular weight is 420 g/mol. The molecule has 0 radical (unpaired) electrons. The van der Waals surface area contributed by atoms with Crippen LogP contribution >= 0.6 is 27.5 Å². The zero-order valence-corrected chi connectivity index (χ0v) is 15.1. The second-order valence-electron chi connectivity index (χ2n) is 4.97. The highest BCUT2D eigenvalue weighted by Crippen LogP contribution is 2.23. The first kappa shape index (κ1) is 17.2. The lowest BCUT2D eigenvalue weighted by atomic mass is 10.2. The van der Waals surface area contributed by atoms with E-state index >= 15 is 0 Å². The summed E-state index contributed by atoms with van der Waals surface area (Å²) < 4.78 is 0.932. The smallest absolute Gasteiger partial charge is 0.263 e. The fourth-order valence-corrected chi connectivity index (χ4v) is 2.63. The summed E-state index contributed by atoms with van der Waals surface area (Å²) in [7, 11) is 0. The third-order valence-electron chi connectivity index (χ3n) is 3.10. The third kappa shape index (κ3) is 4.71. The Morgan fingerprint density at radius 1 is 1.28 bits per heavy atom. The van der Waals surface area contributed by atoms with Crippen molar-refractivity contribution in [1.29, 1.82) is 0 Å². The Balaban J connectivity index is 1.59. The van der Waals surface area contributed by atoms with Crippen LogP contribution in [0.15, 0.2) is 58.1 Å². The molecule has 0 aliphatic heterocycles. The van der Waals surface area contributed by atoms with Gasteiger partial charge in [-0.2, -0.15) is 9.90 Å². The highest BCUT2D eigenvalue weighted by atomic mass is 79.9. The molecule has 0 aliphatic carbocycles. The number of aromatic nitrogens is 4. The molecule has 1 amide bonds. The second kappa shape index (κ2) is 8.00. The molecule has 3 rings (SSSR count). The first-order valence-electron chi connectivity index (χ1n) is 7.22. The van der Waals surface area contributed by atoms with Crippen molar-refractivity contribution in [3.63, 3.8) is 0 Å². The van der Waals surface area contributed by atoms with E-state index in [2.05, 4.69) is 41.9 Å². The van der Waals surface area contributed by atoms with Crippen molar-refractivity contribution in [2.75, 3.05) is 0 Å². The molecule has 1 aromatic heterocycles. The zero-order chi connectivity index (χ0) is 17.6. The van der Waals surface area contributed by atoms with Gasteiger partial charge in [0.15, 0.2) is 0 Å². The summed E-state index contributed by atoms with van der Waals surface area (Å²) in [5.74, 6) is -0.00890. The van der Waals surface area contributed by atoms with Crippen LogP contribution in [0.25, 0.3) is 11.4 Å². The molecule has 9 heteroatoms. The van der Waals surface area contributed by atoms with Crippen LogP contribution in [0.1, 0.15) is 5.56 Å². The molecule has 3 aromatic rings. The van der Waals surface area contributed by atoms with E-state index in [9.17, 15) is 4.79 Å². The fraction of sp³-hybridized carbons (Fsp3) is 0.0625. The van der Waals surface area contributed by atoms with Crippen LogP contribution in [0, 0.1) is 0 Å². The van der Waals surface area contributed by atoms with Gasteiger partial charge in [-0.05, 0) is 35.0 Å². The Morgan fingerprint density at radius 3 is 2.92 bits per heavy atom. The molecule has 2 aromatic carbocycles. The summed E-state index contributed by atoms with van der Waals surface area (Å²) in [6.45, 7) is -0.104. The van der Waals surface area contributed by atoms with Gasteiger partial charge in [0.2, 0.25) is 5.82 Å². The van der Waals surface area contributed by atoms with Crippen molar-refractivity contribution >= 4 is 39.7 Å². The number of nitrogens with one attached hydrogen (secondary N) is 1. The quantitative estimate of drug-likeness (QED) is 0.509. The summed E-state index contributed by atoms with van der Waals surface area (Å²) >= 11 is 9.46. The molecule has 0 atom stereocenters. The number of hydrogen-bond acceptors (Lipinski definition) is 5. The molecular weight excluding hydrogens is 408 g/mol. The number of carbonyl (C=O) groups excluding carboxylic acids is 1. The molecule has 0 bridgehead atoms. The third-order valence-corrected chi connectivity index (χ3v) is 3.93. The molecule has 126 valence electrons. The van der Waals surface area contributed by atoms with Gasteiger partial charge in [0, 0.05) is 10.0 Å². The van der Waals surface area contributed by atoms with Crippen LogP contribution in [-0.4, -0.2) is 32.3 Å². The van der Waals surface area contributed by atoms with E-state index in [1.54, 1.807) is 18.3 Å². The normalized spacial score (nSPS) is 11.0. The van der Waals surface area contributed by atoms with Crippen molar-refractivity contribution in [1.82, 2.24) is 25.6 Å². The molecule has 1 heterocycles. The van der Waals surface area contributed by atoms with Crippen molar-refractivity contribution < 1.29 is 4.79 Å². The number of benzene rings is 2. The van der Waals surface area contributed by atoms with Crippen molar-refractivity contribution in [3.05, 3.63) is 63.6 Å². The van der Waals surface area contributed by atoms with E-state index < -0.39 is 0 Å². The van der Waals surface area contributed by atoms with Gasteiger partial charge < -0.3 is 0 Å². The molecular formula is C16H12BrClN6O. The van der Waals surface area contributed by atoms with Gasteiger partial charge in [-0.1, -0.05) is 51.8 Å². The van der Waals surface area contributed by atoms with E-state index in [0.717, 1.165) is 10.0 Å². The number of nitrogens with zero attached hydrogens (tertiary/aromatic N) is 5. The molecule has 7 nitrogen and oxygen atoms in total. The van der Waals surface area contributed by atoms with Crippen LogP contribution in [0.2, 0.25) is 5.02 Å². The van der Waals surface area contributed by atoms with Crippen molar-refractivity contribution in [3.8, 4) is 11.4 Å². The second-order valence-corrected chi connectivity index (χ2v) is 6.29.